The molecule has 0 bridgehead atoms. The molecule has 0 unspecified atom stereocenters. The van der Waals surface area contributed by atoms with Gasteiger partial charge in [-0.25, -0.2) is 0 Å². The van der Waals surface area contributed by atoms with Crippen LogP contribution in [0.25, 0.3) is 6.08 Å². The lowest BCUT2D eigenvalue weighted by atomic mass is 9.94. The molecule has 0 atom stereocenters. The third-order valence-corrected chi connectivity index (χ3v) is 7.19. The summed E-state index contributed by atoms with van der Waals surface area (Å²) in [4.78, 5) is 25.1. The van der Waals surface area contributed by atoms with E-state index in [4.69, 9.17) is 17.0 Å². The van der Waals surface area contributed by atoms with Crippen LogP contribution in [0.4, 0.5) is 5.69 Å². The van der Waals surface area contributed by atoms with E-state index in [0.717, 1.165) is 36.8 Å². The zero-order chi connectivity index (χ0) is 23.5. The number of hydrogen-bond donors (Lipinski definition) is 1. The van der Waals surface area contributed by atoms with Crippen LogP contribution in [0.2, 0.25) is 0 Å². The summed E-state index contributed by atoms with van der Waals surface area (Å²) in [6, 6.07) is 10.1. The topological polar surface area (TPSA) is 84.7 Å². The van der Waals surface area contributed by atoms with Gasteiger partial charge in [0.15, 0.2) is 5.11 Å². The molecule has 7 nitrogen and oxygen atoms in total. The predicted molar refractivity (Wildman–Crippen MR) is 137 cm³/mol. The van der Waals surface area contributed by atoms with Crippen molar-refractivity contribution in [3.63, 3.8) is 0 Å². The van der Waals surface area contributed by atoms with Crippen molar-refractivity contribution in [1.82, 2.24) is 10.2 Å². The Morgan fingerprint density at radius 2 is 1.79 bits per heavy atom. The SMILES string of the molecule is O=C1/C(=C/c2cc(Br)c(OCc3ccc([N+](=O)[O-])cc3)c(Br)c2)NC(=S)N1C1CCCCC1. The summed E-state index contributed by atoms with van der Waals surface area (Å²) in [5.41, 5.74) is 2.11. The number of benzene rings is 2. The van der Waals surface area contributed by atoms with Gasteiger partial charge in [0.2, 0.25) is 0 Å². The molecule has 1 saturated carbocycles. The average Bonchev–Trinajstić information content (AvgIpc) is 3.06. The monoisotopic (exact) mass is 593 g/mol. The summed E-state index contributed by atoms with van der Waals surface area (Å²) >= 11 is 12.5. The lowest BCUT2D eigenvalue weighted by molar-refractivity contribution is -0.384. The summed E-state index contributed by atoms with van der Waals surface area (Å²) < 4.78 is 7.34. The molecule has 4 rings (SSSR count). The van der Waals surface area contributed by atoms with Crippen LogP contribution in [0.3, 0.4) is 0 Å². The standard InChI is InChI=1S/C23H21Br2N3O4S/c24-18-10-15(12-20-22(29)27(23(33)26-20)16-4-2-1-3-5-16)11-19(25)21(18)32-13-14-6-8-17(9-7-14)28(30)31/h6-12,16H,1-5,13H2,(H,26,33)/b20-12-. The number of hydrogen-bond acceptors (Lipinski definition) is 5. The summed E-state index contributed by atoms with van der Waals surface area (Å²) in [6.07, 6.45) is 7.21. The van der Waals surface area contributed by atoms with Crippen molar-refractivity contribution in [2.24, 2.45) is 0 Å². The van der Waals surface area contributed by atoms with Crippen LogP contribution in [-0.4, -0.2) is 26.9 Å². The molecule has 1 aliphatic carbocycles. The number of carbonyl (C=O) groups is 1. The van der Waals surface area contributed by atoms with E-state index in [1.54, 1.807) is 23.1 Å². The molecule has 1 N–H and O–H groups in total. The first-order valence-corrected chi connectivity index (χ1v) is 12.5. The zero-order valence-electron chi connectivity index (χ0n) is 17.6. The van der Waals surface area contributed by atoms with Crippen molar-refractivity contribution in [1.29, 1.82) is 0 Å². The van der Waals surface area contributed by atoms with Gasteiger partial charge in [0.25, 0.3) is 11.6 Å². The van der Waals surface area contributed by atoms with Crippen LogP contribution < -0.4 is 10.1 Å². The fourth-order valence-electron chi connectivity index (χ4n) is 4.06. The molecule has 2 aromatic rings. The highest BCUT2D eigenvalue weighted by Crippen LogP contribution is 2.36. The van der Waals surface area contributed by atoms with Gasteiger partial charge in [-0.15, -0.1) is 0 Å². The highest BCUT2D eigenvalue weighted by atomic mass is 79.9. The Kier molecular flexibility index (Phi) is 7.45. The number of carbonyl (C=O) groups excluding carboxylic acids is 1. The Balaban J connectivity index is 1.47. The quantitative estimate of drug-likeness (QED) is 0.189. The minimum Gasteiger partial charge on any atom is -0.487 e. The fourth-order valence-corrected chi connectivity index (χ4v) is 5.85. The zero-order valence-corrected chi connectivity index (χ0v) is 21.5. The number of amides is 1. The number of nitrogens with one attached hydrogen (secondary N) is 1. The summed E-state index contributed by atoms with van der Waals surface area (Å²) in [6.45, 7) is 0.250. The second-order valence-corrected chi connectivity index (χ2v) is 10.1. The lowest BCUT2D eigenvalue weighted by Gasteiger charge is -2.29. The lowest BCUT2D eigenvalue weighted by Crippen LogP contribution is -2.41. The molecule has 2 fully saturated rings. The van der Waals surface area contributed by atoms with E-state index in [9.17, 15) is 14.9 Å². The Morgan fingerprint density at radius 1 is 1.15 bits per heavy atom. The van der Waals surface area contributed by atoms with E-state index in [-0.39, 0.29) is 24.2 Å². The van der Waals surface area contributed by atoms with Gasteiger partial charge in [0.05, 0.1) is 13.9 Å². The van der Waals surface area contributed by atoms with Crippen LogP contribution in [0.15, 0.2) is 51.0 Å². The van der Waals surface area contributed by atoms with Crippen molar-refractivity contribution in [3.05, 3.63) is 72.3 Å². The van der Waals surface area contributed by atoms with Gasteiger partial charge in [-0.1, -0.05) is 19.3 Å². The molecule has 10 heteroatoms. The van der Waals surface area contributed by atoms with Crippen LogP contribution >= 0.6 is 44.1 Å². The molecule has 2 aromatic carbocycles. The minimum absolute atomic E-state index is 0.0371. The Hall–Kier alpha value is -2.30. The van der Waals surface area contributed by atoms with Crippen LogP contribution in [-0.2, 0) is 11.4 Å². The van der Waals surface area contributed by atoms with Crippen LogP contribution in [0.5, 0.6) is 5.75 Å². The first kappa shape index (κ1) is 23.8. The molecular formula is C23H21Br2N3O4S. The van der Waals surface area contributed by atoms with Crippen LogP contribution in [0, 0.1) is 10.1 Å². The molecule has 0 aromatic heterocycles. The van der Waals surface area contributed by atoms with E-state index >= 15 is 0 Å². The van der Waals surface area contributed by atoms with Gasteiger partial charge in [-0.3, -0.25) is 19.8 Å². The van der Waals surface area contributed by atoms with Crippen molar-refractivity contribution < 1.29 is 14.5 Å². The van der Waals surface area contributed by atoms with E-state index in [0.29, 0.717) is 25.5 Å². The van der Waals surface area contributed by atoms with Gasteiger partial charge in [-0.05, 0) is 98.4 Å². The predicted octanol–water partition coefficient (Wildman–Crippen LogP) is 6.09. The van der Waals surface area contributed by atoms with Gasteiger partial charge in [0, 0.05) is 18.2 Å². The number of halogens is 2. The maximum atomic E-state index is 13.0. The Labute approximate surface area is 213 Å². The van der Waals surface area contributed by atoms with Gasteiger partial charge < -0.3 is 10.1 Å². The maximum absolute atomic E-state index is 13.0. The number of nitro groups is 1. The number of nitrogens with zero attached hydrogens (tertiary/aromatic N) is 2. The fraction of sp³-hybridized carbons (Fsp3) is 0.304. The molecular weight excluding hydrogens is 574 g/mol. The van der Waals surface area contributed by atoms with Gasteiger partial charge in [0.1, 0.15) is 18.1 Å². The molecule has 1 amide bonds. The average molecular weight is 595 g/mol. The third-order valence-electron chi connectivity index (χ3n) is 5.71. The second kappa shape index (κ2) is 10.3. The van der Waals surface area contributed by atoms with Crippen molar-refractivity contribution in [2.75, 3.05) is 0 Å². The van der Waals surface area contributed by atoms with Crippen molar-refractivity contribution in [2.45, 2.75) is 44.8 Å². The molecule has 2 aliphatic rings. The van der Waals surface area contributed by atoms with E-state index in [2.05, 4.69) is 37.2 Å². The molecule has 0 spiro atoms. The molecule has 1 heterocycles. The van der Waals surface area contributed by atoms with E-state index < -0.39 is 4.92 Å². The largest absolute Gasteiger partial charge is 0.487 e. The third kappa shape index (κ3) is 5.44. The molecule has 33 heavy (non-hydrogen) atoms. The van der Waals surface area contributed by atoms with Gasteiger partial charge in [-0.2, -0.15) is 0 Å². The summed E-state index contributed by atoms with van der Waals surface area (Å²) in [5, 5.41) is 14.3. The van der Waals surface area contributed by atoms with Crippen molar-refractivity contribution in [3.8, 4) is 5.75 Å². The highest BCUT2D eigenvalue weighted by Gasteiger charge is 2.36. The van der Waals surface area contributed by atoms with E-state index in [1.807, 2.05) is 12.1 Å². The molecule has 0 radical (unpaired) electrons. The highest BCUT2D eigenvalue weighted by molar-refractivity contribution is 9.11. The summed E-state index contributed by atoms with van der Waals surface area (Å²) in [7, 11) is 0. The van der Waals surface area contributed by atoms with Crippen LogP contribution in [0.1, 0.15) is 43.2 Å². The molecule has 1 saturated heterocycles. The molecule has 172 valence electrons. The number of nitro benzene ring substituents is 1. The first-order chi connectivity index (χ1) is 15.8. The molecule has 1 aliphatic heterocycles. The number of thiocarbonyl (C=S) groups is 1. The summed E-state index contributed by atoms with van der Waals surface area (Å²) in [5.74, 6) is 0.512. The minimum atomic E-state index is -0.434. The van der Waals surface area contributed by atoms with Crippen molar-refractivity contribution >= 4 is 66.9 Å². The number of ether oxygens (including phenoxy) is 1. The first-order valence-electron chi connectivity index (χ1n) is 10.5. The number of non-ortho nitro benzene ring substituents is 1. The smallest absolute Gasteiger partial charge is 0.276 e. The van der Waals surface area contributed by atoms with Gasteiger partial charge >= 0.3 is 0 Å². The Bertz CT molecular complexity index is 1110. The second-order valence-electron chi connectivity index (χ2n) is 7.98. The van der Waals surface area contributed by atoms with E-state index in [1.165, 1.54) is 18.6 Å². The normalized spacial score (nSPS) is 18.0. The Morgan fingerprint density at radius 3 is 2.39 bits per heavy atom. The maximum Gasteiger partial charge on any atom is 0.276 e. The number of rotatable bonds is 6.